The normalized spacial score (nSPS) is 22.6. The number of rotatable bonds is 5. The Balaban J connectivity index is 1.25. The van der Waals surface area contributed by atoms with Crippen LogP contribution in [0.2, 0.25) is 0 Å². The smallest absolute Gasteiger partial charge is 0.127 e. The Kier molecular flexibility index (Phi) is 4.57. The first-order chi connectivity index (χ1) is 11.7. The van der Waals surface area contributed by atoms with Crippen molar-refractivity contribution >= 4 is 11.8 Å². The molecule has 24 heavy (non-hydrogen) atoms. The van der Waals surface area contributed by atoms with Gasteiger partial charge < -0.3 is 4.74 Å². The van der Waals surface area contributed by atoms with Crippen molar-refractivity contribution < 1.29 is 9.13 Å². The molecule has 3 heterocycles. The molecule has 0 saturated carbocycles. The van der Waals surface area contributed by atoms with E-state index >= 15 is 0 Å². The fourth-order valence-electron chi connectivity index (χ4n) is 3.57. The van der Waals surface area contributed by atoms with Crippen LogP contribution in [-0.2, 0) is 17.9 Å². The van der Waals surface area contributed by atoms with Gasteiger partial charge in [0.25, 0.3) is 0 Å². The van der Waals surface area contributed by atoms with Crippen LogP contribution in [0.5, 0.6) is 0 Å². The number of pyridine rings is 1. The highest BCUT2D eigenvalue weighted by Gasteiger charge is 2.49. The molecule has 1 atom stereocenters. The molecule has 1 spiro atoms. The van der Waals surface area contributed by atoms with Gasteiger partial charge in [0, 0.05) is 48.1 Å². The van der Waals surface area contributed by atoms with Crippen molar-refractivity contribution in [3.8, 4) is 0 Å². The number of benzene rings is 1. The molecule has 2 fully saturated rings. The molecule has 0 bridgehead atoms. The van der Waals surface area contributed by atoms with Crippen LogP contribution in [0, 0.1) is 5.82 Å². The Morgan fingerprint density at radius 3 is 2.79 bits per heavy atom. The quantitative estimate of drug-likeness (QED) is 0.829. The molecule has 5 heteroatoms. The van der Waals surface area contributed by atoms with Crippen LogP contribution in [0.15, 0.2) is 48.8 Å². The first kappa shape index (κ1) is 16.1. The molecule has 1 aromatic carbocycles. The van der Waals surface area contributed by atoms with Gasteiger partial charge in [-0.05, 0) is 30.2 Å². The summed E-state index contributed by atoms with van der Waals surface area (Å²) in [6, 6.07) is 11.1. The standard InChI is InChI=1S/C19H21FN2OS/c20-18-4-2-1-3-16(18)10-22-13-19(14-22)9-17(12-24-19)23-11-15-5-7-21-8-6-15/h1-8,17H,9-14H2/t17-/m0/s1. The van der Waals surface area contributed by atoms with Gasteiger partial charge in [0.15, 0.2) is 0 Å². The lowest BCUT2D eigenvalue weighted by Crippen LogP contribution is -2.58. The highest BCUT2D eigenvalue weighted by Crippen LogP contribution is 2.46. The van der Waals surface area contributed by atoms with Gasteiger partial charge in [-0.1, -0.05) is 18.2 Å². The van der Waals surface area contributed by atoms with Crippen molar-refractivity contribution in [1.29, 1.82) is 0 Å². The van der Waals surface area contributed by atoms with Crippen molar-refractivity contribution in [2.24, 2.45) is 0 Å². The Hall–Kier alpha value is -1.43. The lowest BCUT2D eigenvalue weighted by molar-refractivity contribution is 0.0262. The van der Waals surface area contributed by atoms with Gasteiger partial charge in [-0.3, -0.25) is 9.88 Å². The molecule has 0 unspecified atom stereocenters. The number of halogens is 1. The summed E-state index contributed by atoms with van der Waals surface area (Å²) >= 11 is 2.02. The molecule has 0 amide bonds. The summed E-state index contributed by atoms with van der Waals surface area (Å²) in [5.74, 6) is 0.953. The molecule has 3 nitrogen and oxygen atoms in total. The maximum absolute atomic E-state index is 13.7. The summed E-state index contributed by atoms with van der Waals surface area (Å²) < 4.78 is 20.1. The minimum atomic E-state index is -0.101. The molecule has 2 saturated heterocycles. The predicted molar refractivity (Wildman–Crippen MR) is 94.3 cm³/mol. The van der Waals surface area contributed by atoms with Crippen LogP contribution in [0.25, 0.3) is 0 Å². The number of nitrogens with zero attached hydrogens (tertiary/aromatic N) is 2. The molecular weight excluding hydrogens is 323 g/mol. The highest BCUT2D eigenvalue weighted by atomic mass is 32.2. The number of aromatic nitrogens is 1. The molecule has 0 aliphatic carbocycles. The van der Waals surface area contributed by atoms with E-state index < -0.39 is 0 Å². The average molecular weight is 344 g/mol. The van der Waals surface area contributed by atoms with Crippen LogP contribution < -0.4 is 0 Å². The molecule has 0 radical (unpaired) electrons. The maximum Gasteiger partial charge on any atom is 0.127 e. The summed E-state index contributed by atoms with van der Waals surface area (Å²) in [7, 11) is 0. The van der Waals surface area contributed by atoms with Gasteiger partial charge in [-0.25, -0.2) is 4.39 Å². The minimum absolute atomic E-state index is 0.101. The van der Waals surface area contributed by atoms with Crippen LogP contribution in [0.1, 0.15) is 17.5 Å². The third kappa shape index (κ3) is 3.48. The number of hydrogen-bond donors (Lipinski definition) is 0. The van der Waals surface area contributed by atoms with E-state index in [4.69, 9.17) is 4.74 Å². The lowest BCUT2D eigenvalue weighted by atomic mass is 9.92. The fraction of sp³-hybridized carbons (Fsp3) is 0.421. The summed E-state index contributed by atoms with van der Waals surface area (Å²) in [6.07, 6.45) is 5.02. The van der Waals surface area contributed by atoms with Crippen LogP contribution in [0.4, 0.5) is 4.39 Å². The number of thioether (sulfide) groups is 1. The zero-order valence-electron chi connectivity index (χ0n) is 13.5. The second-order valence-electron chi connectivity index (χ2n) is 6.72. The Bertz CT molecular complexity index is 691. The first-order valence-electron chi connectivity index (χ1n) is 8.33. The molecule has 4 rings (SSSR count). The van der Waals surface area contributed by atoms with Crippen molar-refractivity contribution in [3.05, 3.63) is 65.7 Å². The van der Waals surface area contributed by atoms with Gasteiger partial charge in [-0.2, -0.15) is 0 Å². The molecular formula is C19H21FN2OS. The van der Waals surface area contributed by atoms with E-state index in [1.54, 1.807) is 18.5 Å². The van der Waals surface area contributed by atoms with Gasteiger partial charge >= 0.3 is 0 Å². The van der Waals surface area contributed by atoms with Crippen LogP contribution >= 0.6 is 11.8 Å². The summed E-state index contributed by atoms with van der Waals surface area (Å²) in [5, 5.41) is 0. The van der Waals surface area contributed by atoms with Crippen molar-refractivity contribution in [3.63, 3.8) is 0 Å². The lowest BCUT2D eigenvalue weighted by Gasteiger charge is -2.47. The molecule has 0 N–H and O–H groups in total. The van der Waals surface area contributed by atoms with Crippen molar-refractivity contribution in [2.45, 2.75) is 30.4 Å². The molecule has 1 aromatic heterocycles. The third-order valence-electron chi connectivity index (χ3n) is 4.79. The zero-order chi connectivity index (χ0) is 16.4. The topological polar surface area (TPSA) is 25.4 Å². The zero-order valence-corrected chi connectivity index (χ0v) is 14.3. The van der Waals surface area contributed by atoms with Crippen molar-refractivity contribution in [2.75, 3.05) is 18.8 Å². The Morgan fingerprint density at radius 1 is 1.21 bits per heavy atom. The van der Waals surface area contributed by atoms with Crippen LogP contribution in [0.3, 0.4) is 0 Å². The van der Waals surface area contributed by atoms with Gasteiger partial charge in [0.1, 0.15) is 5.82 Å². The number of likely N-dealkylation sites (tertiary alicyclic amines) is 1. The SMILES string of the molecule is Fc1ccccc1CN1CC2(C[C@H](OCc3ccncc3)CS2)C1. The van der Waals surface area contributed by atoms with E-state index in [0.29, 0.717) is 24.0 Å². The maximum atomic E-state index is 13.7. The van der Waals surface area contributed by atoms with Crippen molar-refractivity contribution in [1.82, 2.24) is 9.88 Å². The fourth-order valence-corrected chi connectivity index (χ4v) is 5.18. The Morgan fingerprint density at radius 2 is 2.00 bits per heavy atom. The minimum Gasteiger partial charge on any atom is -0.373 e. The highest BCUT2D eigenvalue weighted by molar-refractivity contribution is 8.01. The van der Waals surface area contributed by atoms with E-state index in [1.165, 1.54) is 11.6 Å². The van der Waals surface area contributed by atoms with E-state index in [0.717, 1.165) is 30.8 Å². The second-order valence-corrected chi connectivity index (χ2v) is 8.21. The molecule has 2 aromatic rings. The van der Waals surface area contributed by atoms with E-state index in [9.17, 15) is 4.39 Å². The van der Waals surface area contributed by atoms with Gasteiger partial charge in [-0.15, -0.1) is 11.8 Å². The number of hydrogen-bond acceptors (Lipinski definition) is 4. The van der Waals surface area contributed by atoms with Crippen LogP contribution in [-0.4, -0.2) is 39.6 Å². The largest absolute Gasteiger partial charge is 0.373 e. The van der Waals surface area contributed by atoms with Gasteiger partial charge in [0.05, 0.1) is 12.7 Å². The summed E-state index contributed by atoms with van der Waals surface area (Å²) in [6.45, 7) is 3.42. The first-order valence-corrected chi connectivity index (χ1v) is 9.31. The molecule has 126 valence electrons. The summed E-state index contributed by atoms with van der Waals surface area (Å²) in [4.78, 5) is 6.36. The monoisotopic (exact) mass is 344 g/mol. The van der Waals surface area contributed by atoms with E-state index in [2.05, 4.69) is 9.88 Å². The third-order valence-corrected chi connectivity index (χ3v) is 6.36. The number of ether oxygens (including phenoxy) is 1. The molecule has 2 aliphatic rings. The average Bonchev–Trinajstić information content (AvgIpc) is 3.00. The van der Waals surface area contributed by atoms with E-state index in [-0.39, 0.29) is 5.82 Å². The summed E-state index contributed by atoms with van der Waals surface area (Å²) in [5.41, 5.74) is 1.96. The predicted octanol–water partition coefficient (Wildman–Crippen LogP) is 3.50. The van der Waals surface area contributed by atoms with Gasteiger partial charge in [0.2, 0.25) is 0 Å². The Labute approximate surface area is 146 Å². The molecule has 2 aliphatic heterocycles. The second kappa shape index (κ2) is 6.82. The van der Waals surface area contributed by atoms with E-state index in [1.807, 2.05) is 36.0 Å².